The molecule has 0 aliphatic rings. The van der Waals surface area contributed by atoms with E-state index < -0.39 is 11.3 Å². The number of aromatic amines is 1. The second-order valence-corrected chi connectivity index (χ2v) is 5.36. The van der Waals surface area contributed by atoms with Gasteiger partial charge in [0.25, 0.3) is 0 Å². The summed E-state index contributed by atoms with van der Waals surface area (Å²) in [6.07, 6.45) is 0. The molecule has 0 radical (unpaired) electrons. The van der Waals surface area contributed by atoms with Gasteiger partial charge in [-0.25, -0.2) is 0 Å². The van der Waals surface area contributed by atoms with E-state index >= 15 is 0 Å². The fourth-order valence-corrected chi connectivity index (χ4v) is 2.56. The van der Waals surface area contributed by atoms with E-state index in [1.807, 2.05) is 24.3 Å². The van der Waals surface area contributed by atoms with E-state index in [-0.39, 0.29) is 0 Å². The summed E-state index contributed by atoms with van der Waals surface area (Å²) in [5, 5.41) is 10.4. The molecular weight excluding hydrogens is 304 g/mol. The molecule has 3 rings (SSSR count). The molecule has 7 nitrogen and oxygen atoms in total. The maximum absolute atomic E-state index is 12.0. The second-order valence-electron chi connectivity index (χ2n) is 4.52. The summed E-state index contributed by atoms with van der Waals surface area (Å²) in [6.45, 7) is 0.539. The highest BCUT2D eigenvalue weighted by molar-refractivity contribution is 7.81. The van der Waals surface area contributed by atoms with Gasteiger partial charge in [-0.3, -0.25) is 4.72 Å². The first kappa shape index (κ1) is 14.5. The Hall–Kier alpha value is -2.45. The Kier molecular flexibility index (Phi) is 4.31. The van der Waals surface area contributed by atoms with Crippen LogP contribution in [0, 0.1) is 0 Å². The molecule has 1 aromatic heterocycles. The van der Waals surface area contributed by atoms with Crippen molar-refractivity contribution in [3.63, 3.8) is 0 Å². The monoisotopic (exact) mass is 318 g/mol. The standard InChI is InChI=1S/C14H14N4O3S/c1-20-9-10-2-4-11(5-3-10)17-22(19)21-12-6-7-13-14(8-12)16-18-15-13/h2-8,17H,9H2,1H3,(H,15,16,18). The quantitative estimate of drug-likeness (QED) is 0.727. The minimum atomic E-state index is -1.70. The lowest BCUT2D eigenvalue weighted by molar-refractivity contribution is 0.185. The molecular formula is C14H14N4O3S. The van der Waals surface area contributed by atoms with Gasteiger partial charge in [-0.1, -0.05) is 12.1 Å². The van der Waals surface area contributed by atoms with E-state index in [1.54, 1.807) is 25.3 Å². The van der Waals surface area contributed by atoms with Crippen LogP contribution in [0.15, 0.2) is 42.5 Å². The van der Waals surface area contributed by atoms with Crippen molar-refractivity contribution in [2.45, 2.75) is 6.61 Å². The topological polar surface area (TPSA) is 89.1 Å². The summed E-state index contributed by atoms with van der Waals surface area (Å²) in [4.78, 5) is 0. The zero-order valence-electron chi connectivity index (χ0n) is 11.8. The highest BCUT2D eigenvalue weighted by Gasteiger charge is 2.06. The number of nitrogens with zero attached hydrogens (tertiary/aromatic N) is 2. The number of anilines is 1. The van der Waals surface area contributed by atoms with Crippen LogP contribution in [0.3, 0.4) is 0 Å². The highest BCUT2D eigenvalue weighted by Crippen LogP contribution is 2.18. The fourth-order valence-electron chi connectivity index (χ4n) is 1.91. The van der Waals surface area contributed by atoms with Crippen molar-refractivity contribution in [1.82, 2.24) is 15.4 Å². The first-order chi connectivity index (χ1) is 10.7. The van der Waals surface area contributed by atoms with E-state index in [1.165, 1.54) is 0 Å². The van der Waals surface area contributed by atoms with Crippen LogP contribution in [-0.2, 0) is 22.6 Å². The van der Waals surface area contributed by atoms with Crippen LogP contribution in [0.25, 0.3) is 11.0 Å². The maximum Gasteiger partial charge on any atom is 0.316 e. The van der Waals surface area contributed by atoms with Crippen LogP contribution in [0.2, 0.25) is 0 Å². The molecule has 0 saturated carbocycles. The Bertz CT molecular complexity index is 788. The Morgan fingerprint density at radius 2 is 1.91 bits per heavy atom. The first-order valence-corrected chi connectivity index (χ1v) is 7.57. The summed E-state index contributed by atoms with van der Waals surface area (Å²) < 4.78 is 25.1. The molecule has 22 heavy (non-hydrogen) atoms. The minimum Gasteiger partial charge on any atom is -0.385 e. The lowest BCUT2D eigenvalue weighted by Crippen LogP contribution is -2.11. The van der Waals surface area contributed by atoms with E-state index in [9.17, 15) is 4.21 Å². The van der Waals surface area contributed by atoms with E-state index in [0.717, 1.165) is 11.1 Å². The Morgan fingerprint density at radius 3 is 2.68 bits per heavy atom. The van der Waals surface area contributed by atoms with Crippen molar-refractivity contribution in [2.75, 3.05) is 11.8 Å². The summed E-state index contributed by atoms with van der Waals surface area (Å²) in [6, 6.07) is 12.5. The molecule has 114 valence electrons. The molecule has 0 fully saturated rings. The van der Waals surface area contributed by atoms with Crippen molar-refractivity contribution >= 4 is 28.0 Å². The van der Waals surface area contributed by atoms with Crippen molar-refractivity contribution in [3.05, 3.63) is 48.0 Å². The number of ether oxygens (including phenoxy) is 1. The molecule has 2 N–H and O–H groups in total. The average molecular weight is 318 g/mol. The van der Waals surface area contributed by atoms with Gasteiger partial charge in [0.05, 0.1) is 6.61 Å². The smallest absolute Gasteiger partial charge is 0.316 e. The van der Waals surface area contributed by atoms with Crippen LogP contribution in [0.1, 0.15) is 5.56 Å². The number of fused-ring (bicyclic) bond motifs is 1. The van der Waals surface area contributed by atoms with Crippen LogP contribution >= 0.6 is 0 Å². The molecule has 0 aliphatic carbocycles. The summed E-state index contributed by atoms with van der Waals surface area (Å²) in [5.74, 6) is 0.447. The van der Waals surface area contributed by atoms with E-state index in [0.29, 0.717) is 23.6 Å². The number of methoxy groups -OCH3 is 1. The normalized spacial score (nSPS) is 12.2. The molecule has 2 aromatic carbocycles. The van der Waals surface area contributed by atoms with Gasteiger partial charge in [0.15, 0.2) is 0 Å². The molecule has 1 unspecified atom stereocenters. The van der Waals surface area contributed by atoms with Gasteiger partial charge >= 0.3 is 11.3 Å². The zero-order valence-corrected chi connectivity index (χ0v) is 12.6. The van der Waals surface area contributed by atoms with Crippen molar-refractivity contribution in [1.29, 1.82) is 0 Å². The number of aromatic nitrogens is 3. The number of hydrogen-bond donors (Lipinski definition) is 2. The van der Waals surface area contributed by atoms with Crippen LogP contribution in [0.5, 0.6) is 5.75 Å². The number of hydrogen-bond acceptors (Lipinski definition) is 5. The second kappa shape index (κ2) is 6.54. The third-order valence-corrected chi connectivity index (χ3v) is 3.67. The SMILES string of the molecule is COCc1ccc(NS(=O)Oc2ccc3n[nH]nc3c2)cc1. The molecule has 8 heteroatoms. The molecule has 0 bridgehead atoms. The molecule has 3 aromatic rings. The van der Waals surface area contributed by atoms with Crippen molar-refractivity contribution < 1.29 is 13.1 Å². The fraction of sp³-hybridized carbons (Fsp3) is 0.143. The third-order valence-electron chi connectivity index (χ3n) is 2.93. The number of nitrogens with one attached hydrogen (secondary N) is 2. The number of benzene rings is 2. The molecule has 0 saturated heterocycles. The number of H-pyrrole nitrogens is 1. The van der Waals surface area contributed by atoms with Gasteiger partial charge in [0.2, 0.25) is 0 Å². The molecule has 1 atom stereocenters. The lowest BCUT2D eigenvalue weighted by atomic mass is 10.2. The molecule has 0 aliphatic heterocycles. The summed E-state index contributed by atoms with van der Waals surface area (Å²) >= 11 is -1.70. The van der Waals surface area contributed by atoms with Crippen molar-refractivity contribution in [3.8, 4) is 5.75 Å². The van der Waals surface area contributed by atoms with Gasteiger partial charge in [-0.15, -0.1) is 0 Å². The minimum absolute atomic E-state index is 0.447. The summed E-state index contributed by atoms with van der Waals surface area (Å²) in [5.41, 5.74) is 3.11. The Balaban J connectivity index is 1.63. The predicted octanol–water partition coefficient (Wildman–Crippen LogP) is 2.17. The van der Waals surface area contributed by atoms with Gasteiger partial charge in [0.1, 0.15) is 16.8 Å². The van der Waals surface area contributed by atoms with Gasteiger partial charge in [0, 0.05) is 18.9 Å². The van der Waals surface area contributed by atoms with Gasteiger partial charge < -0.3 is 8.92 Å². The molecule has 0 spiro atoms. The van der Waals surface area contributed by atoms with Gasteiger partial charge in [-0.2, -0.15) is 19.6 Å². The first-order valence-electron chi connectivity index (χ1n) is 6.50. The van der Waals surface area contributed by atoms with Crippen molar-refractivity contribution in [2.24, 2.45) is 0 Å². The van der Waals surface area contributed by atoms with Crippen LogP contribution < -0.4 is 8.91 Å². The maximum atomic E-state index is 12.0. The Morgan fingerprint density at radius 1 is 1.14 bits per heavy atom. The van der Waals surface area contributed by atoms with Crippen LogP contribution in [-0.4, -0.2) is 26.7 Å². The molecule has 1 heterocycles. The third kappa shape index (κ3) is 3.41. The molecule has 0 amide bonds. The van der Waals surface area contributed by atoms with Gasteiger partial charge in [-0.05, 0) is 29.8 Å². The number of rotatable bonds is 6. The summed E-state index contributed by atoms with van der Waals surface area (Å²) in [7, 11) is 1.64. The zero-order chi connectivity index (χ0) is 15.4. The Labute approximate surface area is 129 Å². The van der Waals surface area contributed by atoms with E-state index in [4.69, 9.17) is 8.92 Å². The average Bonchev–Trinajstić information content (AvgIpc) is 2.97. The highest BCUT2D eigenvalue weighted by atomic mass is 32.2. The predicted molar refractivity (Wildman–Crippen MR) is 83.4 cm³/mol. The lowest BCUT2D eigenvalue weighted by Gasteiger charge is -2.07. The van der Waals surface area contributed by atoms with Crippen LogP contribution in [0.4, 0.5) is 5.69 Å². The van der Waals surface area contributed by atoms with E-state index in [2.05, 4.69) is 20.1 Å². The largest absolute Gasteiger partial charge is 0.385 e.